The number of hydrogen-bond donors (Lipinski definition) is 0. The molecule has 4 rings (SSSR count). The third kappa shape index (κ3) is 4.33. The minimum Gasteiger partial charge on any atom is -0.465 e. The summed E-state index contributed by atoms with van der Waals surface area (Å²) in [5, 5.41) is 0.749. The number of nitrogens with zero attached hydrogens (tertiary/aromatic N) is 2. The average Bonchev–Trinajstić information content (AvgIpc) is 3.13. The summed E-state index contributed by atoms with van der Waals surface area (Å²) in [6, 6.07) is 10.9. The lowest BCUT2D eigenvalue weighted by Crippen LogP contribution is -2.33. The highest BCUT2D eigenvalue weighted by molar-refractivity contribution is 6.31. The maximum absolute atomic E-state index is 13.6. The molecule has 2 aromatic carbocycles. The van der Waals surface area contributed by atoms with Crippen molar-refractivity contribution in [2.75, 3.05) is 33.3 Å². The monoisotopic (exact) mass is 482 g/mol. The molecule has 8 heteroatoms. The van der Waals surface area contributed by atoms with Gasteiger partial charge >= 0.3 is 5.97 Å². The second kappa shape index (κ2) is 9.99. The fraction of sp³-hybridized carbons (Fsp3) is 0.346. The number of ether oxygens (including phenoxy) is 1. The number of hydrogen-bond acceptors (Lipinski definition) is 6. The van der Waals surface area contributed by atoms with Gasteiger partial charge in [0, 0.05) is 11.6 Å². The molecular formula is C26H27ClN2O5. The molecule has 0 fully saturated rings. The van der Waals surface area contributed by atoms with Crippen molar-refractivity contribution in [1.29, 1.82) is 0 Å². The van der Waals surface area contributed by atoms with Crippen LogP contribution in [-0.4, -0.2) is 55.0 Å². The molecule has 7 nitrogen and oxygen atoms in total. The first-order valence-corrected chi connectivity index (χ1v) is 11.7. The van der Waals surface area contributed by atoms with Crippen LogP contribution in [0.4, 0.5) is 0 Å². The second-order valence-electron chi connectivity index (χ2n) is 8.21. The van der Waals surface area contributed by atoms with Crippen LogP contribution in [0, 0.1) is 0 Å². The lowest BCUT2D eigenvalue weighted by Gasteiger charge is -2.26. The van der Waals surface area contributed by atoms with Crippen LogP contribution >= 0.6 is 11.6 Å². The number of esters is 1. The van der Waals surface area contributed by atoms with Gasteiger partial charge in [-0.25, -0.2) is 4.79 Å². The van der Waals surface area contributed by atoms with Gasteiger partial charge in [0.15, 0.2) is 5.43 Å². The number of amides is 1. The third-order valence-electron chi connectivity index (χ3n) is 6.34. The van der Waals surface area contributed by atoms with Crippen LogP contribution in [0.25, 0.3) is 11.0 Å². The molecule has 3 aromatic rings. The summed E-state index contributed by atoms with van der Waals surface area (Å²) >= 11 is 6.13. The topological polar surface area (TPSA) is 80.1 Å². The van der Waals surface area contributed by atoms with Crippen LogP contribution in [0.5, 0.6) is 0 Å². The smallest absolute Gasteiger partial charge is 0.337 e. The Morgan fingerprint density at radius 3 is 2.47 bits per heavy atom. The van der Waals surface area contributed by atoms with Crippen LogP contribution in [0.3, 0.4) is 0 Å². The number of halogens is 1. The molecule has 1 atom stereocenters. The third-order valence-corrected chi connectivity index (χ3v) is 6.58. The Morgan fingerprint density at radius 1 is 1.12 bits per heavy atom. The van der Waals surface area contributed by atoms with E-state index in [0.29, 0.717) is 33.7 Å². The van der Waals surface area contributed by atoms with Crippen molar-refractivity contribution in [1.82, 2.24) is 9.80 Å². The van der Waals surface area contributed by atoms with Crippen molar-refractivity contribution in [3.63, 3.8) is 0 Å². The van der Waals surface area contributed by atoms with Crippen LogP contribution in [0.2, 0.25) is 5.02 Å². The summed E-state index contributed by atoms with van der Waals surface area (Å²) in [6.07, 6.45) is 0.748. The average molecular weight is 483 g/mol. The van der Waals surface area contributed by atoms with Crippen molar-refractivity contribution in [2.24, 2.45) is 0 Å². The Hall–Kier alpha value is -3.16. The SMILES string of the molecule is CCN(CC)CCCN1C(=O)c2oc3ccc(Cl)cc3c(=O)c2C1c1ccc(C(=O)OC)cc1. The summed E-state index contributed by atoms with van der Waals surface area (Å²) < 4.78 is 10.7. The molecule has 0 saturated heterocycles. The van der Waals surface area contributed by atoms with E-state index in [9.17, 15) is 14.4 Å². The van der Waals surface area contributed by atoms with E-state index < -0.39 is 12.0 Å². The number of rotatable bonds is 8. The molecule has 1 aromatic heterocycles. The molecule has 0 bridgehead atoms. The molecule has 178 valence electrons. The standard InChI is InChI=1S/C26H27ClN2O5/c1-4-28(5-2)13-6-14-29-22(16-7-9-17(10-8-16)26(32)33-3)21-23(30)19-15-18(27)11-12-20(19)34-24(21)25(29)31/h7-12,15,22H,4-6,13-14H2,1-3H3. The van der Waals surface area contributed by atoms with Crippen LogP contribution in [-0.2, 0) is 4.74 Å². The summed E-state index contributed by atoms with van der Waals surface area (Å²) in [4.78, 5) is 42.9. The van der Waals surface area contributed by atoms with E-state index in [1.54, 1.807) is 47.4 Å². The van der Waals surface area contributed by atoms with Crippen molar-refractivity contribution in [3.05, 3.63) is 80.2 Å². The van der Waals surface area contributed by atoms with E-state index in [1.807, 2.05) is 0 Å². The first kappa shape index (κ1) is 24.0. The fourth-order valence-electron chi connectivity index (χ4n) is 4.49. The van der Waals surface area contributed by atoms with Crippen LogP contribution in [0.15, 0.2) is 51.7 Å². The zero-order valence-corrected chi connectivity index (χ0v) is 20.2. The minimum absolute atomic E-state index is 0.0599. The van der Waals surface area contributed by atoms with E-state index in [4.69, 9.17) is 20.8 Å². The van der Waals surface area contributed by atoms with Gasteiger partial charge in [0.25, 0.3) is 5.91 Å². The predicted octanol–water partition coefficient (Wildman–Crippen LogP) is 4.51. The molecule has 0 N–H and O–H groups in total. The summed E-state index contributed by atoms with van der Waals surface area (Å²) in [5.74, 6) is -0.707. The molecule has 34 heavy (non-hydrogen) atoms. The number of methoxy groups -OCH3 is 1. The zero-order chi connectivity index (χ0) is 24.4. The predicted molar refractivity (Wildman–Crippen MR) is 131 cm³/mol. The van der Waals surface area contributed by atoms with Gasteiger partial charge in [-0.15, -0.1) is 0 Å². The van der Waals surface area contributed by atoms with E-state index >= 15 is 0 Å². The Balaban J connectivity index is 1.79. The molecule has 0 radical (unpaired) electrons. The Morgan fingerprint density at radius 2 is 1.82 bits per heavy atom. The second-order valence-corrected chi connectivity index (χ2v) is 8.65. The molecule has 0 spiro atoms. The van der Waals surface area contributed by atoms with Crippen LogP contribution in [0.1, 0.15) is 58.3 Å². The van der Waals surface area contributed by atoms with Gasteiger partial charge in [-0.05, 0) is 62.0 Å². The quantitative estimate of drug-likeness (QED) is 0.439. The van der Waals surface area contributed by atoms with Gasteiger partial charge in [-0.3, -0.25) is 9.59 Å². The lowest BCUT2D eigenvalue weighted by atomic mass is 9.97. The van der Waals surface area contributed by atoms with Crippen molar-refractivity contribution < 1.29 is 18.7 Å². The molecule has 1 unspecified atom stereocenters. The lowest BCUT2D eigenvalue weighted by molar-refractivity contribution is 0.0599. The van der Waals surface area contributed by atoms with Gasteiger partial charge in [0.1, 0.15) is 5.58 Å². The van der Waals surface area contributed by atoms with Gasteiger partial charge in [-0.1, -0.05) is 37.6 Å². The van der Waals surface area contributed by atoms with Gasteiger partial charge < -0.3 is 19.0 Å². The number of fused-ring (bicyclic) bond motifs is 2. The normalized spacial score (nSPS) is 15.3. The van der Waals surface area contributed by atoms with Crippen molar-refractivity contribution >= 4 is 34.4 Å². The molecule has 2 heterocycles. The largest absolute Gasteiger partial charge is 0.465 e. The molecular weight excluding hydrogens is 456 g/mol. The maximum Gasteiger partial charge on any atom is 0.337 e. The minimum atomic E-state index is -0.620. The van der Waals surface area contributed by atoms with E-state index in [-0.39, 0.29) is 17.1 Å². The first-order valence-electron chi connectivity index (χ1n) is 11.4. The maximum atomic E-state index is 13.6. The Kier molecular flexibility index (Phi) is 7.05. The Bertz CT molecular complexity index is 1280. The van der Waals surface area contributed by atoms with Gasteiger partial charge in [-0.2, -0.15) is 0 Å². The van der Waals surface area contributed by atoms with E-state index in [1.165, 1.54) is 7.11 Å². The highest BCUT2D eigenvalue weighted by Crippen LogP contribution is 2.38. The van der Waals surface area contributed by atoms with E-state index in [2.05, 4.69) is 18.7 Å². The van der Waals surface area contributed by atoms with Crippen molar-refractivity contribution in [2.45, 2.75) is 26.3 Å². The molecule has 0 aliphatic carbocycles. The molecule has 1 amide bonds. The summed E-state index contributed by atoms with van der Waals surface area (Å²) in [7, 11) is 1.32. The number of carbonyl (C=O) groups excluding carboxylic acids is 2. The number of benzene rings is 2. The molecule has 0 saturated carbocycles. The Labute approximate surface area is 202 Å². The van der Waals surface area contributed by atoms with Crippen molar-refractivity contribution in [3.8, 4) is 0 Å². The highest BCUT2D eigenvalue weighted by Gasteiger charge is 2.42. The van der Waals surface area contributed by atoms with Gasteiger partial charge in [0.05, 0.1) is 29.7 Å². The summed E-state index contributed by atoms with van der Waals surface area (Å²) in [6.45, 7) is 7.35. The first-order chi connectivity index (χ1) is 16.4. The molecule has 1 aliphatic heterocycles. The fourth-order valence-corrected chi connectivity index (χ4v) is 4.67. The van der Waals surface area contributed by atoms with Gasteiger partial charge in [0.2, 0.25) is 5.76 Å². The summed E-state index contributed by atoms with van der Waals surface area (Å²) in [5.41, 5.74) is 1.46. The number of carbonyl (C=O) groups is 2. The highest BCUT2D eigenvalue weighted by atomic mass is 35.5. The van der Waals surface area contributed by atoms with E-state index in [0.717, 1.165) is 31.6 Å². The zero-order valence-electron chi connectivity index (χ0n) is 19.5. The van der Waals surface area contributed by atoms with Crippen LogP contribution < -0.4 is 5.43 Å². The molecule has 1 aliphatic rings.